The molecule has 2 amide bonds. The lowest BCUT2D eigenvalue weighted by Crippen LogP contribution is -2.44. The van der Waals surface area contributed by atoms with Crippen molar-refractivity contribution >= 4 is 11.8 Å². The molecule has 1 N–H and O–H groups in total. The lowest BCUT2D eigenvalue weighted by atomic mass is 9.96. The van der Waals surface area contributed by atoms with Crippen LogP contribution in [-0.4, -0.2) is 36.9 Å². The van der Waals surface area contributed by atoms with Crippen molar-refractivity contribution in [2.24, 2.45) is 5.92 Å². The van der Waals surface area contributed by atoms with Crippen LogP contribution < -0.4 is 5.32 Å². The highest BCUT2D eigenvalue weighted by atomic mass is 19.1. The van der Waals surface area contributed by atoms with Crippen LogP contribution >= 0.6 is 0 Å². The topological polar surface area (TPSA) is 49.4 Å². The largest absolute Gasteiger partial charge is 0.359 e. The molecule has 2 rings (SSSR count). The van der Waals surface area contributed by atoms with E-state index in [0.717, 1.165) is 12.8 Å². The fraction of sp³-hybridized carbons (Fsp3) is 0.429. The number of rotatable bonds is 2. The molecule has 102 valence electrons. The summed E-state index contributed by atoms with van der Waals surface area (Å²) in [6.07, 6.45) is 1.61. The SMILES string of the molecule is CNC(=O)[C@@H]1CCCN(C(=O)c2ccc(F)cc2)C1. The van der Waals surface area contributed by atoms with Gasteiger partial charge in [-0.15, -0.1) is 0 Å². The second kappa shape index (κ2) is 5.82. The first-order chi connectivity index (χ1) is 9.11. The van der Waals surface area contributed by atoms with Gasteiger partial charge >= 0.3 is 0 Å². The monoisotopic (exact) mass is 264 g/mol. The van der Waals surface area contributed by atoms with Gasteiger partial charge in [-0.2, -0.15) is 0 Å². The van der Waals surface area contributed by atoms with Crippen molar-refractivity contribution in [1.29, 1.82) is 0 Å². The highest BCUT2D eigenvalue weighted by Gasteiger charge is 2.28. The number of nitrogens with one attached hydrogen (secondary N) is 1. The maximum atomic E-state index is 12.8. The summed E-state index contributed by atoms with van der Waals surface area (Å²) >= 11 is 0. The predicted molar refractivity (Wildman–Crippen MR) is 69.1 cm³/mol. The Hall–Kier alpha value is -1.91. The van der Waals surface area contributed by atoms with Crippen molar-refractivity contribution < 1.29 is 14.0 Å². The van der Waals surface area contributed by atoms with Gasteiger partial charge in [0.2, 0.25) is 5.91 Å². The molecule has 0 unspecified atom stereocenters. The molecule has 1 fully saturated rings. The lowest BCUT2D eigenvalue weighted by Gasteiger charge is -2.31. The van der Waals surface area contributed by atoms with Crippen molar-refractivity contribution in [3.8, 4) is 0 Å². The van der Waals surface area contributed by atoms with E-state index in [0.29, 0.717) is 18.7 Å². The van der Waals surface area contributed by atoms with Gasteiger partial charge in [-0.25, -0.2) is 4.39 Å². The summed E-state index contributed by atoms with van der Waals surface area (Å²) in [5, 5.41) is 2.61. The second-order valence-electron chi connectivity index (χ2n) is 4.71. The van der Waals surface area contributed by atoms with Crippen LogP contribution in [0.15, 0.2) is 24.3 Å². The summed E-state index contributed by atoms with van der Waals surface area (Å²) in [6, 6.07) is 5.49. The maximum Gasteiger partial charge on any atom is 0.253 e. The molecule has 19 heavy (non-hydrogen) atoms. The van der Waals surface area contributed by atoms with Gasteiger partial charge in [-0.05, 0) is 37.1 Å². The van der Waals surface area contributed by atoms with E-state index in [1.54, 1.807) is 11.9 Å². The zero-order valence-corrected chi connectivity index (χ0v) is 10.9. The van der Waals surface area contributed by atoms with Gasteiger partial charge in [0.25, 0.3) is 5.91 Å². The molecule has 5 heteroatoms. The first-order valence-corrected chi connectivity index (χ1v) is 6.38. The number of likely N-dealkylation sites (tertiary alicyclic amines) is 1. The molecule has 1 saturated heterocycles. The molecule has 1 aromatic rings. The summed E-state index contributed by atoms with van der Waals surface area (Å²) in [6.45, 7) is 1.07. The Morgan fingerprint density at radius 2 is 2.00 bits per heavy atom. The van der Waals surface area contributed by atoms with Crippen molar-refractivity contribution in [2.45, 2.75) is 12.8 Å². The van der Waals surface area contributed by atoms with E-state index in [4.69, 9.17) is 0 Å². The molecule has 1 aliphatic heterocycles. The number of carbonyl (C=O) groups excluding carboxylic acids is 2. The van der Waals surface area contributed by atoms with E-state index in [2.05, 4.69) is 5.32 Å². The predicted octanol–water partition coefficient (Wildman–Crippen LogP) is 1.42. The molecule has 1 atom stereocenters. The van der Waals surface area contributed by atoms with Gasteiger partial charge in [-0.1, -0.05) is 0 Å². The van der Waals surface area contributed by atoms with Gasteiger partial charge in [0.05, 0.1) is 5.92 Å². The van der Waals surface area contributed by atoms with E-state index in [1.165, 1.54) is 24.3 Å². The van der Waals surface area contributed by atoms with Crippen LogP contribution in [0.1, 0.15) is 23.2 Å². The minimum Gasteiger partial charge on any atom is -0.359 e. The van der Waals surface area contributed by atoms with Crippen molar-refractivity contribution in [3.63, 3.8) is 0 Å². The number of nitrogens with zero attached hydrogens (tertiary/aromatic N) is 1. The third-order valence-corrected chi connectivity index (χ3v) is 3.42. The Bertz CT molecular complexity index is 473. The number of hydrogen-bond acceptors (Lipinski definition) is 2. The first kappa shape index (κ1) is 13.5. The third kappa shape index (κ3) is 3.10. The quantitative estimate of drug-likeness (QED) is 0.878. The maximum absolute atomic E-state index is 12.8. The molecule has 0 spiro atoms. The second-order valence-corrected chi connectivity index (χ2v) is 4.71. The van der Waals surface area contributed by atoms with Crippen LogP contribution in [0.2, 0.25) is 0 Å². The molecule has 0 aliphatic carbocycles. The van der Waals surface area contributed by atoms with Crippen molar-refractivity contribution in [3.05, 3.63) is 35.6 Å². The van der Waals surface area contributed by atoms with E-state index in [9.17, 15) is 14.0 Å². The molecule has 0 saturated carbocycles. The van der Waals surface area contributed by atoms with Gasteiger partial charge in [0.1, 0.15) is 5.82 Å². The standard InChI is InChI=1S/C14H17FN2O2/c1-16-13(18)11-3-2-8-17(9-11)14(19)10-4-6-12(15)7-5-10/h4-7,11H,2-3,8-9H2,1H3,(H,16,18)/t11-/m1/s1. The number of hydrogen-bond donors (Lipinski definition) is 1. The minimum atomic E-state index is -0.363. The molecule has 0 aromatic heterocycles. The molecule has 0 radical (unpaired) electrons. The molecule has 4 nitrogen and oxygen atoms in total. The van der Waals surface area contributed by atoms with E-state index in [-0.39, 0.29) is 23.5 Å². The number of halogens is 1. The smallest absolute Gasteiger partial charge is 0.253 e. The molecular weight excluding hydrogens is 247 g/mol. The average molecular weight is 264 g/mol. The number of amides is 2. The Balaban J connectivity index is 2.06. The summed E-state index contributed by atoms with van der Waals surface area (Å²) < 4.78 is 12.8. The van der Waals surface area contributed by atoms with E-state index in [1.807, 2.05) is 0 Å². The zero-order valence-electron chi connectivity index (χ0n) is 10.9. The van der Waals surface area contributed by atoms with E-state index >= 15 is 0 Å². The zero-order chi connectivity index (χ0) is 13.8. The normalized spacial score (nSPS) is 19.1. The summed E-state index contributed by atoms with van der Waals surface area (Å²) in [4.78, 5) is 25.5. The Labute approximate surface area is 111 Å². The summed E-state index contributed by atoms with van der Waals surface area (Å²) in [5.41, 5.74) is 0.457. The van der Waals surface area contributed by atoms with Gasteiger partial charge in [-0.3, -0.25) is 9.59 Å². The highest BCUT2D eigenvalue weighted by molar-refractivity contribution is 5.94. The molecular formula is C14H17FN2O2. The van der Waals surface area contributed by atoms with Crippen LogP contribution in [0.3, 0.4) is 0 Å². The summed E-state index contributed by atoms with van der Waals surface area (Å²) in [7, 11) is 1.60. The van der Waals surface area contributed by atoms with Gasteiger partial charge in [0, 0.05) is 25.7 Å². The van der Waals surface area contributed by atoms with Crippen LogP contribution in [-0.2, 0) is 4.79 Å². The van der Waals surface area contributed by atoms with Crippen molar-refractivity contribution in [1.82, 2.24) is 10.2 Å². The van der Waals surface area contributed by atoms with Crippen LogP contribution in [0, 0.1) is 11.7 Å². The van der Waals surface area contributed by atoms with Gasteiger partial charge in [0.15, 0.2) is 0 Å². The van der Waals surface area contributed by atoms with Crippen LogP contribution in [0.5, 0.6) is 0 Å². The fourth-order valence-corrected chi connectivity index (χ4v) is 2.35. The molecule has 1 heterocycles. The lowest BCUT2D eigenvalue weighted by molar-refractivity contribution is -0.125. The van der Waals surface area contributed by atoms with Crippen LogP contribution in [0.4, 0.5) is 4.39 Å². The Kier molecular flexibility index (Phi) is 4.14. The number of benzene rings is 1. The molecule has 1 aliphatic rings. The number of carbonyl (C=O) groups is 2. The van der Waals surface area contributed by atoms with Gasteiger partial charge < -0.3 is 10.2 Å². The van der Waals surface area contributed by atoms with Crippen molar-refractivity contribution in [2.75, 3.05) is 20.1 Å². The molecule has 1 aromatic carbocycles. The number of piperidine rings is 1. The minimum absolute atomic E-state index is 0.0309. The molecule has 0 bridgehead atoms. The Morgan fingerprint density at radius 1 is 1.32 bits per heavy atom. The summed E-state index contributed by atoms with van der Waals surface area (Å²) in [5.74, 6) is -0.688. The average Bonchev–Trinajstić information content (AvgIpc) is 2.46. The first-order valence-electron chi connectivity index (χ1n) is 6.38. The third-order valence-electron chi connectivity index (χ3n) is 3.42. The fourth-order valence-electron chi connectivity index (χ4n) is 2.35. The Morgan fingerprint density at radius 3 is 2.63 bits per heavy atom. The van der Waals surface area contributed by atoms with E-state index < -0.39 is 0 Å². The highest BCUT2D eigenvalue weighted by Crippen LogP contribution is 2.19. The van der Waals surface area contributed by atoms with Crippen LogP contribution in [0.25, 0.3) is 0 Å².